The smallest absolute Gasteiger partial charge is 0.245 e. The van der Waals surface area contributed by atoms with Crippen molar-refractivity contribution in [2.75, 3.05) is 32.1 Å². The van der Waals surface area contributed by atoms with E-state index in [-0.39, 0.29) is 11.7 Å². The summed E-state index contributed by atoms with van der Waals surface area (Å²) in [6, 6.07) is 16.6. The van der Waals surface area contributed by atoms with Crippen molar-refractivity contribution in [1.29, 1.82) is 0 Å². The van der Waals surface area contributed by atoms with E-state index in [4.69, 9.17) is 10.5 Å². The molecule has 0 atom stereocenters. The van der Waals surface area contributed by atoms with Gasteiger partial charge in [0.1, 0.15) is 11.6 Å². The second kappa shape index (κ2) is 9.71. The first-order valence-electron chi connectivity index (χ1n) is 11.6. The molecule has 2 aromatic heterocycles. The number of nitrogens with one attached hydrogen (secondary N) is 1. The van der Waals surface area contributed by atoms with Gasteiger partial charge in [-0.1, -0.05) is 18.2 Å². The average molecular weight is 475 g/mol. The molecule has 3 N–H and O–H groups in total. The van der Waals surface area contributed by atoms with Gasteiger partial charge < -0.3 is 15.8 Å². The number of fused-ring (bicyclic) bond motifs is 1. The molecule has 9 heteroatoms. The van der Waals surface area contributed by atoms with Gasteiger partial charge in [0.25, 0.3) is 0 Å². The summed E-state index contributed by atoms with van der Waals surface area (Å²) in [4.78, 5) is 17.7. The Morgan fingerprint density at radius 1 is 1.14 bits per heavy atom. The minimum absolute atomic E-state index is 0.278. The summed E-state index contributed by atoms with van der Waals surface area (Å²) in [5, 5.41) is 7.84. The van der Waals surface area contributed by atoms with Gasteiger partial charge in [0.15, 0.2) is 0 Å². The van der Waals surface area contributed by atoms with Crippen LogP contribution in [-0.4, -0.2) is 52.1 Å². The van der Waals surface area contributed by atoms with Crippen molar-refractivity contribution in [2.24, 2.45) is 5.73 Å². The Kier molecular flexibility index (Phi) is 6.33. The molecule has 0 saturated carbocycles. The van der Waals surface area contributed by atoms with Crippen LogP contribution in [0.2, 0.25) is 0 Å². The number of nitrogens with zero attached hydrogens (tertiary/aromatic N) is 4. The van der Waals surface area contributed by atoms with Gasteiger partial charge >= 0.3 is 0 Å². The van der Waals surface area contributed by atoms with Crippen molar-refractivity contribution in [2.45, 2.75) is 18.8 Å². The average Bonchev–Trinajstić information content (AvgIpc) is 3.27. The Morgan fingerprint density at radius 2 is 1.91 bits per heavy atom. The number of amides is 1. The molecular weight excluding hydrogens is 447 g/mol. The summed E-state index contributed by atoms with van der Waals surface area (Å²) in [5.41, 5.74) is 9.11. The Hall–Kier alpha value is -3.98. The van der Waals surface area contributed by atoms with Gasteiger partial charge in [-0.15, -0.1) is 5.10 Å². The Balaban J connectivity index is 1.33. The van der Waals surface area contributed by atoms with Gasteiger partial charge in [0, 0.05) is 5.69 Å². The molecule has 1 aliphatic heterocycles. The first-order chi connectivity index (χ1) is 17.0. The van der Waals surface area contributed by atoms with Gasteiger partial charge in [-0.25, -0.2) is 13.9 Å². The molecule has 1 amide bonds. The molecular formula is C26H27FN6O2. The van der Waals surface area contributed by atoms with Gasteiger partial charge in [-0.05, 0) is 73.8 Å². The van der Waals surface area contributed by atoms with Crippen molar-refractivity contribution in [1.82, 2.24) is 19.5 Å². The predicted octanol–water partition coefficient (Wildman–Crippen LogP) is 3.95. The van der Waals surface area contributed by atoms with Crippen LogP contribution in [0.1, 0.15) is 24.3 Å². The van der Waals surface area contributed by atoms with E-state index >= 15 is 0 Å². The van der Waals surface area contributed by atoms with Crippen molar-refractivity contribution >= 4 is 23.1 Å². The molecule has 1 aliphatic rings. The molecule has 1 fully saturated rings. The number of rotatable bonds is 7. The summed E-state index contributed by atoms with van der Waals surface area (Å²) in [6.07, 6.45) is 3.69. The molecule has 0 aliphatic carbocycles. The fraction of sp³-hybridized carbons (Fsp3) is 0.269. The van der Waals surface area contributed by atoms with Crippen LogP contribution in [-0.2, 0) is 4.79 Å². The van der Waals surface area contributed by atoms with E-state index < -0.39 is 0 Å². The van der Waals surface area contributed by atoms with Gasteiger partial charge in [-0.3, -0.25) is 9.69 Å². The molecule has 0 bridgehead atoms. The number of benzene rings is 2. The number of piperidine rings is 1. The van der Waals surface area contributed by atoms with Crippen LogP contribution < -0.4 is 15.8 Å². The zero-order chi connectivity index (χ0) is 24.4. The van der Waals surface area contributed by atoms with Gasteiger partial charge in [-0.2, -0.15) is 0 Å². The second-order valence-electron chi connectivity index (χ2n) is 8.72. The van der Waals surface area contributed by atoms with E-state index in [0.29, 0.717) is 35.4 Å². The standard InChI is InChI=1S/C26H27FN6O2/c1-35-23-4-2-3-21(27)25(23)22-10-9-20-15-29-26(31-33(20)22)30-19-7-5-17(6-8-19)18-11-13-32(14-12-18)16-24(28)34/h2-10,15,18H,11-14,16H2,1H3,(H2,28,34)(H,30,31). The fourth-order valence-corrected chi connectivity index (χ4v) is 4.68. The van der Waals surface area contributed by atoms with Crippen molar-refractivity contribution in [3.05, 3.63) is 72.2 Å². The lowest BCUT2D eigenvalue weighted by Crippen LogP contribution is -2.39. The van der Waals surface area contributed by atoms with Crippen LogP contribution in [0.5, 0.6) is 5.75 Å². The number of primary amides is 1. The lowest BCUT2D eigenvalue weighted by Gasteiger charge is -2.31. The minimum atomic E-state index is -0.381. The largest absolute Gasteiger partial charge is 0.496 e. The van der Waals surface area contributed by atoms with E-state index in [0.717, 1.165) is 37.1 Å². The number of aromatic nitrogens is 3. The highest BCUT2D eigenvalue weighted by Crippen LogP contribution is 2.33. The molecule has 1 saturated heterocycles. The zero-order valence-electron chi connectivity index (χ0n) is 19.4. The molecule has 0 unspecified atom stereocenters. The third-order valence-corrected chi connectivity index (χ3v) is 6.46. The Morgan fingerprint density at radius 3 is 2.63 bits per heavy atom. The minimum Gasteiger partial charge on any atom is -0.496 e. The molecule has 8 nitrogen and oxygen atoms in total. The highest BCUT2D eigenvalue weighted by atomic mass is 19.1. The molecule has 2 aromatic carbocycles. The van der Waals surface area contributed by atoms with Crippen LogP contribution in [0.15, 0.2) is 60.8 Å². The number of nitrogens with two attached hydrogens (primary N) is 1. The maximum atomic E-state index is 14.7. The number of halogens is 1. The highest BCUT2D eigenvalue weighted by molar-refractivity contribution is 5.76. The fourth-order valence-electron chi connectivity index (χ4n) is 4.68. The first kappa shape index (κ1) is 22.8. The summed E-state index contributed by atoms with van der Waals surface area (Å²) in [7, 11) is 1.52. The molecule has 0 radical (unpaired) electrons. The molecule has 35 heavy (non-hydrogen) atoms. The van der Waals surface area contributed by atoms with Crippen molar-refractivity contribution in [3.8, 4) is 17.0 Å². The van der Waals surface area contributed by atoms with Crippen molar-refractivity contribution in [3.63, 3.8) is 0 Å². The summed E-state index contributed by atoms with van der Waals surface area (Å²) in [5.74, 6) is 0.638. The van der Waals surface area contributed by atoms with E-state index in [9.17, 15) is 9.18 Å². The number of hydrogen-bond donors (Lipinski definition) is 2. The number of carbonyl (C=O) groups is 1. The zero-order valence-corrected chi connectivity index (χ0v) is 19.4. The Labute approximate surface area is 202 Å². The SMILES string of the molecule is COc1cccc(F)c1-c1ccc2cnc(Nc3ccc(C4CCN(CC(N)=O)CC4)cc3)nn12. The van der Waals surface area contributed by atoms with E-state index in [1.165, 1.54) is 18.7 Å². The third-order valence-electron chi connectivity index (χ3n) is 6.46. The van der Waals surface area contributed by atoms with Crippen LogP contribution in [0.4, 0.5) is 16.0 Å². The summed E-state index contributed by atoms with van der Waals surface area (Å²) < 4.78 is 21.7. The van der Waals surface area contributed by atoms with Crippen LogP contribution in [0, 0.1) is 5.82 Å². The first-order valence-corrected chi connectivity index (χ1v) is 11.6. The predicted molar refractivity (Wildman–Crippen MR) is 132 cm³/mol. The normalized spacial score (nSPS) is 14.8. The molecule has 3 heterocycles. The van der Waals surface area contributed by atoms with E-state index in [1.54, 1.807) is 28.9 Å². The number of anilines is 2. The van der Waals surface area contributed by atoms with Crippen LogP contribution in [0.25, 0.3) is 16.8 Å². The molecule has 4 aromatic rings. The number of likely N-dealkylation sites (tertiary alicyclic amines) is 1. The molecule has 5 rings (SSSR count). The second-order valence-corrected chi connectivity index (χ2v) is 8.72. The Bertz CT molecular complexity index is 1350. The molecule has 180 valence electrons. The summed E-state index contributed by atoms with van der Waals surface area (Å²) >= 11 is 0. The summed E-state index contributed by atoms with van der Waals surface area (Å²) in [6.45, 7) is 2.06. The van der Waals surface area contributed by atoms with Crippen molar-refractivity contribution < 1.29 is 13.9 Å². The van der Waals surface area contributed by atoms with Crippen LogP contribution >= 0.6 is 0 Å². The van der Waals surface area contributed by atoms with Crippen LogP contribution in [0.3, 0.4) is 0 Å². The quantitative estimate of drug-likeness (QED) is 0.421. The highest BCUT2D eigenvalue weighted by Gasteiger charge is 2.21. The maximum absolute atomic E-state index is 14.7. The number of carbonyl (C=O) groups excluding carboxylic acids is 1. The number of hydrogen-bond acceptors (Lipinski definition) is 6. The van der Waals surface area contributed by atoms with E-state index in [2.05, 4.69) is 32.4 Å². The van der Waals surface area contributed by atoms with E-state index in [1.807, 2.05) is 18.2 Å². The molecule has 0 spiro atoms. The lowest BCUT2D eigenvalue weighted by molar-refractivity contribution is -0.119. The monoisotopic (exact) mass is 474 g/mol. The van der Waals surface area contributed by atoms with Gasteiger partial charge in [0.2, 0.25) is 11.9 Å². The topological polar surface area (TPSA) is 97.8 Å². The number of ether oxygens (including phenoxy) is 1. The number of methoxy groups -OCH3 is 1. The maximum Gasteiger partial charge on any atom is 0.245 e. The van der Waals surface area contributed by atoms with Gasteiger partial charge in [0.05, 0.1) is 36.6 Å². The lowest BCUT2D eigenvalue weighted by atomic mass is 9.89. The third kappa shape index (κ3) is 4.81.